The van der Waals surface area contributed by atoms with Crippen molar-refractivity contribution < 1.29 is 5.11 Å². The first-order valence-corrected chi connectivity index (χ1v) is 10.6. The molecule has 1 atom stereocenters. The zero-order valence-electron chi connectivity index (χ0n) is 15.8. The number of hydrogen-bond acceptors (Lipinski definition) is 7. The number of nitrogens with zero attached hydrogens (tertiary/aromatic N) is 5. The number of thiazole rings is 1. The Balaban J connectivity index is 1.67. The molecule has 0 aliphatic heterocycles. The number of aliphatic hydroxyl groups excluding tert-OH is 1. The monoisotopic (exact) mass is 419 g/mol. The summed E-state index contributed by atoms with van der Waals surface area (Å²) in [5.41, 5.74) is 1.95. The van der Waals surface area contributed by atoms with E-state index < -0.39 is 5.25 Å². The van der Waals surface area contributed by atoms with Gasteiger partial charge in [-0.3, -0.25) is 4.57 Å². The van der Waals surface area contributed by atoms with Crippen molar-refractivity contribution in [3.05, 3.63) is 71.2 Å². The average Bonchev–Trinajstić information content (AvgIpc) is 3.32. The third kappa shape index (κ3) is 3.75. The SMILES string of the molecule is Cc1nnc(SC(C)/C(O)=C(\C#N)c2nc3ccccc3s2)n1-c1ccccc1. The lowest BCUT2D eigenvalue weighted by Gasteiger charge is -2.13. The van der Waals surface area contributed by atoms with Gasteiger partial charge in [-0.05, 0) is 38.1 Å². The van der Waals surface area contributed by atoms with E-state index in [0.717, 1.165) is 21.7 Å². The van der Waals surface area contributed by atoms with E-state index in [-0.39, 0.29) is 11.3 Å². The van der Waals surface area contributed by atoms with Crippen LogP contribution in [-0.2, 0) is 0 Å². The fourth-order valence-electron chi connectivity index (χ4n) is 2.90. The fraction of sp³-hybridized carbons (Fsp3) is 0.143. The predicted molar refractivity (Wildman–Crippen MR) is 116 cm³/mol. The minimum atomic E-state index is -0.400. The van der Waals surface area contributed by atoms with Gasteiger partial charge >= 0.3 is 0 Å². The Bertz CT molecular complexity index is 1200. The summed E-state index contributed by atoms with van der Waals surface area (Å²) in [6.45, 7) is 3.72. The average molecular weight is 420 g/mol. The molecule has 0 fully saturated rings. The number of aliphatic hydroxyl groups is 1. The van der Waals surface area contributed by atoms with Crippen LogP contribution in [0.5, 0.6) is 0 Å². The number of benzene rings is 2. The first kappa shape index (κ1) is 19.2. The van der Waals surface area contributed by atoms with Crippen LogP contribution >= 0.6 is 23.1 Å². The van der Waals surface area contributed by atoms with Crippen molar-refractivity contribution in [2.75, 3.05) is 0 Å². The van der Waals surface area contributed by atoms with Crippen molar-refractivity contribution in [2.24, 2.45) is 0 Å². The third-order valence-corrected chi connectivity index (χ3v) is 6.46. The maximum Gasteiger partial charge on any atom is 0.196 e. The van der Waals surface area contributed by atoms with Crippen LogP contribution in [0.3, 0.4) is 0 Å². The van der Waals surface area contributed by atoms with Crippen LogP contribution in [0, 0.1) is 18.3 Å². The van der Waals surface area contributed by atoms with E-state index in [1.165, 1.54) is 23.1 Å². The van der Waals surface area contributed by atoms with E-state index in [4.69, 9.17) is 0 Å². The molecule has 2 heterocycles. The molecule has 0 saturated carbocycles. The Labute approximate surface area is 176 Å². The standard InChI is InChI=1S/C21H17N5OS2/c1-13(28-21-25-24-14(2)26(21)15-8-4-3-5-9-15)19(27)16(12-22)20-23-17-10-6-7-11-18(17)29-20/h3-11,13,27H,1-2H3/b19-16-. The molecule has 144 valence electrons. The first-order valence-electron chi connectivity index (χ1n) is 8.91. The number of nitriles is 1. The van der Waals surface area contributed by atoms with Crippen LogP contribution in [-0.4, -0.2) is 30.1 Å². The van der Waals surface area contributed by atoms with Gasteiger partial charge in [0.05, 0.1) is 15.5 Å². The Morgan fingerprint density at radius 2 is 1.86 bits per heavy atom. The summed E-state index contributed by atoms with van der Waals surface area (Å²) in [6, 6.07) is 19.6. The highest BCUT2D eigenvalue weighted by molar-refractivity contribution is 7.99. The molecule has 1 unspecified atom stereocenters. The molecule has 0 radical (unpaired) electrons. The van der Waals surface area contributed by atoms with Crippen molar-refractivity contribution in [2.45, 2.75) is 24.3 Å². The molecular formula is C21H17N5OS2. The van der Waals surface area contributed by atoms with E-state index >= 15 is 0 Å². The molecule has 1 N–H and O–H groups in total. The summed E-state index contributed by atoms with van der Waals surface area (Å²) in [4.78, 5) is 4.50. The van der Waals surface area contributed by atoms with Gasteiger partial charge in [0.25, 0.3) is 0 Å². The van der Waals surface area contributed by atoms with Gasteiger partial charge in [0.1, 0.15) is 28.2 Å². The Morgan fingerprint density at radius 1 is 1.14 bits per heavy atom. The van der Waals surface area contributed by atoms with Crippen molar-refractivity contribution in [3.63, 3.8) is 0 Å². The lowest BCUT2D eigenvalue weighted by Crippen LogP contribution is -2.07. The summed E-state index contributed by atoms with van der Waals surface area (Å²) >= 11 is 2.74. The number of allylic oxidation sites excluding steroid dienone is 1. The molecule has 8 heteroatoms. The van der Waals surface area contributed by atoms with Gasteiger partial charge in [-0.15, -0.1) is 21.5 Å². The Morgan fingerprint density at radius 3 is 2.59 bits per heavy atom. The maximum atomic E-state index is 10.8. The van der Waals surface area contributed by atoms with Crippen molar-refractivity contribution in [1.29, 1.82) is 5.26 Å². The second kappa shape index (κ2) is 8.07. The normalized spacial score (nSPS) is 13.1. The van der Waals surface area contributed by atoms with Gasteiger partial charge in [-0.1, -0.05) is 42.1 Å². The molecule has 0 amide bonds. The van der Waals surface area contributed by atoms with Crippen LogP contribution < -0.4 is 0 Å². The maximum absolute atomic E-state index is 10.8. The molecule has 0 spiro atoms. The van der Waals surface area contributed by atoms with E-state index in [2.05, 4.69) is 21.3 Å². The van der Waals surface area contributed by atoms with Crippen molar-refractivity contribution in [3.8, 4) is 11.8 Å². The number of aryl methyl sites for hydroxylation is 1. The lowest BCUT2D eigenvalue weighted by molar-refractivity contribution is 0.402. The van der Waals surface area contributed by atoms with Gasteiger partial charge < -0.3 is 5.11 Å². The first-order chi connectivity index (χ1) is 14.1. The molecule has 29 heavy (non-hydrogen) atoms. The number of rotatable bonds is 5. The van der Waals surface area contributed by atoms with Crippen LogP contribution in [0.2, 0.25) is 0 Å². The van der Waals surface area contributed by atoms with Crippen LogP contribution in [0.4, 0.5) is 0 Å². The van der Waals surface area contributed by atoms with Gasteiger partial charge in [-0.2, -0.15) is 5.26 Å². The van der Waals surface area contributed by atoms with Crippen LogP contribution in [0.1, 0.15) is 17.8 Å². The largest absolute Gasteiger partial charge is 0.510 e. The predicted octanol–water partition coefficient (Wildman–Crippen LogP) is 5.16. The highest BCUT2D eigenvalue weighted by Gasteiger charge is 2.22. The highest BCUT2D eigenvalue weighted by atomic mass is 32.2. The summed E-state index contributed by atoms with van der Waals surface area (Å²) in [5.74, 6) is 0.734. The molecular weight excluding hydrogens is 402 g/mol. The van der Waals surface area contributed by atoms with Crippen molar-refractivity contribution >= 4 is 38.9 Å². The van der Waals surface area contributed by atoms with Gasteiger partial charge in [0.2, 0.25) is 0 Å². The molecule has 0 aliphatic carbocycles. The molecule has 4 aromatic rings. The summed E-state index contributed by atoms with van der Waals surface area (Å²) in [6.07, 6.45) is 0. The number of aromatic nitrogens is 4. The summed E-state index contributed by atoms with van der Waals surface area (Å²) in [7, 11) is 0. The van der Waals surface area contributed by atoms with Crippen LogP contribution in [0.25, 0.3) is 21.5 Å². The molecule has 2 aromatic carbocycles. The topological polar surface area (TPSA) is 87.6 Å². The fourth-order valence-corrected chi connectivity index (χ4v) is 4.85. The van der Waals surface area contributed by atoms with E-state index in [1.54, 1.807) is 0 Å². The van der Waals surface area contributed by atoms with E-state index in [1.807, 2.05) is 73.0 Å². The van der Waals surface area contributed by atoms with E-state index in [0.29, 0.717) is 10.2 Å². The molecule has 0 bridgehead atoms. The number of para-hydroxylation sites is 2. The molecule has 6 nitrogen and oxygen atoms in total. The Kier molecular flexibility index (Phi) is 5.34. The quantitative estimate of drug-likeness (QED) is 0.273. The highest BCUT2D eigenvalue weighted by Crippen LogP contribution is 2.33. The Hall–Kier alpha value is -3.15. The van der Waals surface area contributed by atoms with Gasteiger partial charge in [0, 0.05) is 5.69 Å². The molecule has 4 rings (SSSR count). The minimum absolute atomic E-state index is 0.0168. The van der Waals surface area contributed by atoms with Crippen molar-refractivity contribution in [1.82, 2.24) is 19.7 Å². The second-order valence-corrected chi connectivity index (χ2v) is 8.66. The molecule has 0 aliphatic rings. The second-order valence-electron chi connectivity index (χ2n) is 6.32. The van der Waals surface area contributed by atoms with E-state index in [9.17, 15) is 10.4 Å². The third-order valence-electron chi connectivity index (χ3n) is 4.35. The summed E-state index contributed by atoms with van der Waals surface area (Å²) < 4.78 is 2.90. The smallest absolute Gasteiger partial charge is 0.196 e. The zero-order chi connectivity index (χ0) is 20.4. The zero-order valence-corrected chi connectivity index (χ0v) is 17.4. The minimum Gasteiger partial charge on any atom is -0.510 e. The number of fused-ring (bicyclic) bond motifs is 1. The van der Waals surface area contributed by atoms with Gasteiger partial charge in [0.15, 0.2) is 5.16 Å². The molecule has 2 aromatic heterocycles. The lowest BCUT2D eigenvalue weighted by atomic mass is 10.2. The molecule has 0 saturated heterocycles. The van der Waals surface area contributed by atoms with Crippen LogP contribution in [0.15, 0.2) is 65.5 Å². The van der Waals surface area contributed by atoms with Gasteiger partial charge in [-0.25, -0.2) is 4.98 Å². The summed E-state index contributed by atoms with van der Waals surface area (Å²) in [5, 5.41) is 29.7. The number of thioether (sulfide) groups is 1. The number of hydrogen-bond donors (Lipinski definition) is 1.